The number of ether oxygens (including phenoxy) is 2. The van der Waals surface area contributed by atoms with Crippen LogP contribution in [0.2, 0.25) is 0 Å². The number of nitrogens with one attached hydrogen (secondary N) is 1. The third-order valence-corrected chi connectivity index (χ3v) is 9.50. The summed E-state index contributed by atoms with van der Waals surface area (Å²) in [5.74, 6) is 1.09. The van der Waals surface area contributed by atoms with Crippen LogP contribution in [0.4, 0.5) is 0 Å². The van der Waals surface area contributed by atoms with E-state index >= 15 is 0 Å². The molecule has 6 nitrogen and oxygen atoms in total. The van der Waals surface area contributed by atoms with Gasteiger partial charge in [0.15, 0.2) is 0 Å². The van der Waals surface area contributed by atoms with E-state index < -0.39 is 17.9 Å². The van der Waals surface area contributed by atoms with Gasteiger partial charge in [0.2, 0.25) is 0 Å². The van der Waals surface area contributed by atoms with E-state index in [1.807, 2.05) is 42.5 Å². The smallest absolute Gasteiger partial charge is 0.328 e. The number of hydrogen-bond acceptors (Lipinski definition) is 6. The van der Waals surface area contributed by atoms with Gasteiger partial charge < -0.3 is 14.8 Å². The second-order valence-electron chi connectivity index (χ2n) is 12.0. The summed E-state index contributed by atoms with van der Waals surface area (Å²) in [6, 6.07) is 18.9. The van der Waals surface area contributed by atoms with Crippen molar-refractivity contribution in [3.63, 3.8) is 0 Å². The first-order valence-electron chi connectivity index (χ1n) is 14.4. The van der Waals surface area contributed by atoms with E-state index in [1.165, 1.54) is 49.7 Å². The first-order chi connectivity index (χ1) is 20.1. The number of halogens is 1. The molecule has 42 heavy (non-hydrogen) atoms. The van der Waals surface area contributed by atoms with E-state index in [4.69, 9.17) is 14.5 Å². The average molecular weight is 650 g/mol. The average Bonchev–Trinajstić information content (AvgIpc) is 3.63. The Kier molecular flexibility index (Phi) is 9.33. The molecule has 1 aliphatic carbocycles. The zero-order chi connectivity index (χ0) is 29.9. The number of carbonyl (C=O) groups excluding carboxylic acids is 2. The minimum Gasteiger partial charge on any atom is -0.467 e. The van der Waals surface area contributed by atoms with Crippen LogP contribution in [0.25, 0.3) is 10.8 Å². The molecule has 2 aromatic heterocycles. The quantitative estimate of drug-likeness (QED) is 0.184. The van der Waals surface area contributed by atoms with Crippen molar-refractivity contribution in [3.8, 4) is 11.5 Å². The number of pyridine rings is 1. The summed E-state index contributed by atoms with van der Waals surface area (Å²) >= 11 is 4.98. The summed E-state index contributed by atoms with van der Waals surface area (Å²) in [5.41, 5.74) is 2.49. The van der Waals surface area contributed by atoms with E-state index in [0.717, 1.165) is 37.3 Å². The minimum atomic E-state index is -0.824. The molecular weight excluding hydrogens is 612 g/mol. The highest BCUT2D eigenvalue weighted by Crippen LogP contribution is 2.33. The fourth-order valence-electron chi connectivity index (χ4n) is 5.52. The molecule has 1 saturated carbocycles. The van der Waals surface area contributed by atoms with Gasteiger partial charge in [-0.25, -0.2) is 9.78 Å². The lowest BCUT2D eigenvalue weighted by atomic mass is 9.87. The Morgan fingerprint density at radius 1 is 1.02 bits per heavy atom. The maximum absolute atomic E-state index is 13.6. The van der Waals surface area contributed by atoms with Crippen molar-refractivity contribution in [1.82, 2.24) is 10.3 Å². The van der Waals surface area contributed by atoms with Gasteiger partial charge in [0.1, 0.15) is 23.2 Å². The van der Waals surface area contributed by atoms with E-state index in [-0.39, 0.29) is 11.1 Å². The highest BCUT2D eigenvalue weighted by Gasteiger charge is 2.25. The Morgan fingerprint density at radius 3 is 2.38 bits per heavy atom. The van der Waals surface area contributed by atoms with E-state index in [2.05, 4.69) is 54.2 Å². The summed E-state index contributed by atoms with van der Waals surface area (Å²) < 4.78 is 12.2. The molecule has 5 rings (SSSR count). The van der Waals surface area contributed by atoms with Crippen LogP contribution < -0.4 is 10.1 Å². The van der Waals surface area contributed by atoms with Crippen molar-refractivity contribution in [2.45, 2.75) is 70.8 Å². The second-order valence-corrected chi connectivity index (χ2v) is 14.6. The maximum Gasteiger partial charge on any atom is 0.328 e. The summed E-state index contributed by atoms with van der Waals surface area (Å²) in [4.78, 5) is 32.0. The van der Waals surface area contributed by atoms with Crippen LogP contribution in [0.5, 0.6) is 11.5 Å². The summed E-state index contributed by atoms with van der Waals surface area (Å²) in [6.07, 6.45) is 5.96. The number of rotatable bonds is 9. The molecule has 1 amide bonds. The van der Waals surface area contributed by atoms with Crippen LogP contribution in [0.3, 0.4) is 0 Å². The van der Waals surface area contributed by atoms with Crippen molar-refractivity contribution in [3.05, 3.63) is 86.3 Å². The monoisotopic (exact) mass is 648 g/mol. The Balaban J connectivity index is 1.44. The van der Waals surface area contributed by atoms with E-state index in [9.17, 15) is 9.59 Å². The highest BCUT2D eigenvalue weighted by molar-refractivity contribution is 9.11. The number of nitrogens with zero attached hydrogens (tertiary/aromatic N) is 1. The fraction of sp³-hybridized carbons (Fsp3) is 0.382. The van der Waals surface area contributed by atoms with Gasteiger partial charge in [-0.2, -0.15) is 0 Å². The molecule has 0 bridgehead atoms. The number of methoxy groups -OCH3 is 1. The van der Waals surface area contributed by atoms with Gasteiger partial charge in [0.05, 0.1) is 10.9 Å². The third kappa shape index (κ3) is 7.39. The molecule has 0 saturated heterocycles. The van der Waals surface area contributed by atoms with Crippen LogP contribution in [-0.4, -0.2) is 30.0 Å². The highest BCUT2D eigenvalue weighted by atomic mass is 79.9. The zero-order valence-electron chi connectivity index (χ0n) is 24.5. The Bertz CT molecular complexity index is 1570. The number of thiophene rings is 1. The van der Waals surface area contributed by atoms with Crippen molar-refractivity contribution in [2.24, 2.45) is 5.92 Å². The number of esters is 1. The lowest BCUT2D eigenvalue weighted by Gasteiger charge is -2.19. The van der Waals surface area contributed by atoms with Gasteiger partial charge in [-0.3, -0.25) is 4.79 Å². The topological polar surface area (TPSA) is 77.5 Å². The van der Waals surface area contributed by atoms with E-state index in [0.29, 0.717) is 18.1 Å². The Morgan fingerprint density at radius 2 is 1.74 bits per heavy atom. The number of aromatic nitrogens is 1. The molecule has 1 aliphatic rings. The molecule has 0 aliphatic heterocycles. The number of benzene rings is 2. The minimum absolute atomic E-state index is 0.0642. The van der Waals surface area contributed by atoms with Crippen LogP contribution in [0.1, 0.15) is 73.1 Å². The van der Waals surface area contributed by atoms with Gasteiger partial charge in [0, 0.05) is 22.4 Å². The summed E-state index contributed by atoms with van der Waals surface area (Å²) in [5, 5.41) is 4.78. The lowest BCUT2D eigenvalue weighted by Crippen LogP contribution is -2.43. The van der Waals surface area contributed by atoms with Gasteiger partial charge in [-0.05, 0) is 93.2 Å². The number of hydrogen-bond donors (Lipinski definition) is 1. The van der Waals surface area contributed by atoms with Crippen molar-refractivity contribution in [1.29, 1.82) is 0 Å². The summed E-state index contributed by atoms with van der Waals surface area (Å²) in [7, 11) is 1.33. The predicted octanol–water partition coefficient (Wildman–Crippen LogP) is 8.40. The molecule has 1 atom stereocenters. The van der Waals surface area contributed by atoms with Crippen LogP contribution in [-0.2, 0) is 27.8 Å². The van der Waals surface area contributed by atoms with Gasteiger partial charge >= 0.3 is 5.97 Å². The molecule has 8 heteroatoms. The fourth-order valence-corrected chi connectivity index (χ4v) is 7.05. The Hall–Kier alpha value is -3.23. The standard InChI is InChI=1S/C34H37BrN2O4S/c1-34(2,3)23-9-11-24(12-10-23)41-25-13-15-27-22(18-25)19-29(36-28(27)17-21-7-5-6-8-21)32(38)37-30(33(39)40-4)20-26-14-16-31(35)42-26/h9-16,18-19,21,30H,5-8,17,20H2,1-4H3,(H,37,38). The normalized spacial score (nSPS) is 14.6. The SMILES string of the molecule is COC(=O)C(Cc1ccc(Br)s1)NC(=O)c1cc2cc(Oc3ccc(C(C)(C)C)cc3)ccc2c(CC2CCCC2)n1. The van der Waals surface area contributed by atoms with Crippen molar-refractivity contribution >= 4 is 49.9 Å². The molecule has 1 unspecified atom stereocenters. The first kappa shape index (κ1) is 30.2. The molecule has 0 radical (unpaired) electrons. The molecule has 4 aromatic rings. The molecular formula is C34H37BrN2O4S. The molecule has 2 heterocycles. The number of fused-ring (bicyclic) bond motifs is 1. The van der Waals surface area contributed by atoms with Gasteiger partial charge in [-0.15, -0.1) is 11.3 Å². The Labute approximate surface area is 260 Å². The number of amides is 1. The summed E-state index contributed by atoms with van der Waals surface area (Å²) in [6.45, 7) is 6.56. The zero-order valence-corrected chi connectivity index (χ0v) is 26.9. The second kappa shape index (κ2) is 13.0. The van der Waals surface area contributed by atoms with E-state index in [1.54, 1.807) is 6.07 Å². The van der Waals surface area contributed by atoms with Gasteiger partial charge in [-0.1, -0.05) is 58.6 Å². The van der Waals surface area contributed by atoms with Crippen LogP contribution >= 0.6 is 27.3 Å². The first-order valence-corrected chi connectivity index (χ1v) is 16.0. The van der Waals surface area contributed by atoms with Crippen molar-refractivity contribution < 1.29 is 19.1 Å². The molecule has 220 valence electrons. The van der Waals surface area contributed by atoms with Crippen molar-refractivity contribution in [2.75, 3.05) is 7.11 Å². The molecule has 0 spiro atoms. The van der Waals surface area contributed by atoms with Gasteiger partial charge in [0.25, 0.3) is 5.91 Å². The maximum atomic E-state index is 13.6. The predicted molar refractivity (Wildman–Crippen MR) is 172 cm³/mol. The van der Waals surface area contributed by atoms with Crippen LogP contribution in [0, 0.1) is 5.92 Å². The largest absolute Gasteiger partial charge is 0.467 e. The third-order valence-electron chi connectivity index (χ3n) is 7.85. The number of carbonyl (C=O) groups is 2. The molecule has 2 aromatic carbocycles. The molecule has 1 fully saturated rings. The lowest BCUT2D eigenvalue weighted by molar-refractivity contribution is -0.142. The van der Waals surface area contributed by atoms with Crippen LogP contribution in [0.15, 0.2) is 64.5 Å². The molecule has 1 N–H and O–H groups in total.